The van der Waals surface area contributed by atoms with Gasteiger partial charge in [0.1, 0.15) is 17.6 Å². The number of benzene rings is 2. The summed E-state index contributed by atoms with van der Waals surface area (Å²) < 4.78 is 16.8. The fraction of sp³-hybridized carbons (Fsp3) is 0.409. The minimum Gasteiger partial charge on any atom is -0.490 e. The molecule has 0 radical (unpaired) electrons. The first-order valence-electron chi connectivity index (χ1n) is 9.32. The minimum absolute atomic E-state index is 0.194. The predicted molar refractivity (Wildman–Crippen MR) is 101 cm³/mol. The zero-order valence-electron chi connectivity index (χ0n) is 15.4. The Kier molecular flexibility index (Phi) is 6.16. The molecule has 0 amide bonds. The Morgan fingerprint density at radius 1 is 1.08 bits per heavy atom. The smallest absolute Gasteiger partial charge is 0.347 e. The van der Waals surface area contributed by atoms with E-state index < -0.39 is 6.10 Å². The van der Waals surface area contributed by atoms with Crippen LogP contribution in [0.2, 0.25) is 0 Å². The van der Waals surface area contributed by atoms with Gasteiger partial charge in [0.2, 0.25) is 0 Å². The summed E-state index contributed by atoms with van der Waals surface area (Å²) in [6, 6.07) is 16.0. The lowest BCUT2D eigenvalue weighted by molar-refractivity contribution is -0.151. The number of carbonyl (C=O) groups is 1. The van der Waals surface area contributed by atoms with Crippen LogP contribution >= 0.6 is 0 Å². The van der Waals surface area contributed by atoms with Crippen LogP contribution in [0.1, 0.15) is 37.8 Å². The van der Waals surface area contributed by atoms with E-state index in [4.69, 9.17) is 14.2 Å². The number of aryl methyl sites for hydroxylation is 1. The van der Waals surface area contributed by atoms with E-state index in [0.29, 0.717) is 12.4 Å². The normalized spacial score (nSPS) is 17.1. The largest absolute Gasteiger partial charge is 0.490 e. The summed E-state index contributed by atoms with van der Waals surface area (Å²) in [7, 11) is 0. The Labute approximate surface area is 155 Å². The number of rotatable bonds is 7. The summed E-state index contributed by atoms with van der Waals surface area (Å²) >= 11 is 0. The van der Waals surface area contributed by atoms with Crippen LogP contribution in [0.25, 0.3) is 0 Å². The Morgan fingerprint density at radius 2 is 1.77 bits per heavy atom. The molecule has 138 valence electrons. The highest BCUT2D eigenvalue weighted by Gasteiger charge is 2.20. The molecule has 2 aromatic rings. The van der Waals surface area contributed by atoms with Gasteiger partial charge in [-0.2, -0.15) is 0 Å². The first-order valence-corrected chi connectivity index (χ1v) is 9.32. The molecule has 0 saturated carbocycles. The van der Waals surface area contributed by atoms with Gasteiger partial charge < -0.3 is 14.2 Å². The third-order valence-electron chi connectivity index (χ3n) is 4.52. The van der Waals surface area contributed by atoms with E-state index >= 15 is 0 Å². The Hall–Kier alpha value is -2.49. The maximum atomic E-state index is 11.8. The molecule has 1 aliphatic carbocycles. The second kappa shape index (κ2) is 8.75. The molecule has 2 unspecified atom stereocenters. The van der Waals surface area contributed by atoms with Crippen LogP contribution in [-0.2, 0) is 22.4 Å². The highest BCUT2D eigenvalue weighted by molar-refractivity contribution is 5.74. The van der Waals surface area contributed by atoms with Crippen molar-refractivity contribution in [2.75, 3.05) is 6.61 Å². The molecule has 3 rings (SSSR count). The van der Waals surface area contributed by atoms with Crippen LogP contribution < -0.4 is 9.47 Å². The topological polar surface area (TPSA) is 44.8 Å². The quantitative estimate of drug-likeness (QED) is 0.694. The third-order valence-corrected chi connectivity index (χ3v) is 4.52. The van der Waals surface area contributed by atoms with Crippen LogP contribution in [0, 0.1) is 0 Å². The molecule has 1 aliphatic rings. The van der Waals surface area contributed by atoms with E-state index in [2.05, 4.69) is 24.3 Å². The van der Waals surface area contributed by atoms with Crippen LogP contribution in [-0.4, -0.2) is 24.8 Å². The van der Waals surface area contributed by atoms with Crippen molar-refractivity contribution >= 4 is 5.97 Å². The van der Waals surface area contributed by atoms with E-state index in [9.17, 15) is 4.79 Å². The van der Waals surface area contributed by atoms with Crippen LogP contribution in [0.5, 0.6) is 11.5 Å². The molecule has 0 heterocycles. The van der Waals surface area contributed by atoms with E-state index in [-0.39, 0.29) is 12.1 Å². The van der Waals surface area contributed by atoms with Gasteiger partial charge in [-0.1, -0.05) is 31.2 Å². The van der Waals surface area contributed by atoms with Crippen molar-refractivity contribution in [3.63, 3.8) is 0 Å². The van der Waals surface area contributed by atoms with Crippen molar-refractivity contribution in [3.8, 4) is 11.5 Å². The van der Waals surface area contributed by atoms with Crippen LogP contribution in [0.15, 0.2) is 48.5 Å². The lowest BCUT2D eigenvalue weighted by Crippen LogP contribution is -2.26. The molecule has 0 spiro atoms. The molecule has 0 bridgehead atoms. The standard InChI is InChI=1S/C22H26O4/c1-3-14-24-22(23)16(2)25-19-10-12-20(13-11-19)26-21-9-8-17-6-4-5-7-18(17)15-21/h4-7,10-13,16,21H,3,8-9,14-15H2,1-2H3. The molecule has 0 aliphatic heterocycles. The number of fused-ring (bicyclic) bond motifs is 1. The molecular formula is C22H26O4. The maximum absolute atomic E-state index is 11.8. The molecule has 4 heteroatoms. The van der Waals surface area contributed by atoms with Gasteiger partial charge in [0.15, 0.2) is 6.10 Å². The van der Waals surface area contributed by atoms with Crippen molar-refractivity contribution in [2.24, 2.45) is 0 Å². The molecule has 0 aromatic heterocycles. The van der Waals surface area contributed by atoms with Gasteiger partial charge in [0, 0.05) is 6.42 Å². The third kappa shape index (κ3) is 4.78. The number of hydrogen-bond donors (Lipinski definition) is 0. The second-order valence-corrected chi connectivity index (χ2v) is 6.65. The molecule has 2 atom stereocenters. The van der Waals surface area contributed by atoms with Gasteiger partial charge >= 0.3 is 5.97 Å². The number of esters is 1. The first-order chi connectivity index (χ1) is 12.7. The SMILES string of the molecule is CCCOC(=O)C(C)Oc1ccc(OC2CCc3ccccc3C2)cc1. The van der Waals surface area contributed by atoms with Crippen molar-refractivity contribution in [3.05, 3.63) is 59.7 Å². The van der Waals surface area contributed by atoms with Gasteiger partial charge in [-0.15, -0.1) is 0 Å². The summed E-state index contributed by atoms with van der Waals surface area (Å²) in [5, 5.41) is 0. The highest BCUT2D eigenvalue weighted by Crippen LogP contribution is 2.26. The fourth-order valence-electron chi connectivity index (χ4n) is 3.13. The second-order valence-electron chi connectivity index (χ2n) is 6.65. The summed E-state index contributed by atoms with van der Waals surface area (Å²) in [4.78, 5) is 11.8. The van der Waals surface area contributed by atoms with E-state index in [0.717, 1.165) is 31.4 Å². The molecule has 4 nitrogen and oxygen atoms in total. The van der Waals surface area contributed by atoms with Crippen LogP contribution in [0.3, 0.4) is 0 Å². The predicted octanol–water partition coefficient (Wildman–Crippen LogP) is 4.34. The summed E-state index contributed by atoms with van der Waals surface area (Å²) in [5.41, 5.74) is 2.81. The Bertz CT molecular complexity index is 723. The number of carbonyl (C=O) groups excluding carboxylic acids is 1. The number of ether oxygens (including phenoxy) is 3. The maximum Gasteiger partial charge on any atom is 0.347 e. The average molecular weight is 354 g/mol. The minimum atomic E-state index is -0.622. The Balaban J connectivity index is 1.53. The highest BCUT2D eigenvalue weighted by atomic mass is 16.6. The number of hydrogen-bond acceptors (Lipinski definition) is 4. The molecule has 0 saturated heterocycles. The first kappa shape index (κ1) is 18.3. The molecule has 26 heavy (non-hydrogen) atoms. The van der Waals surface area contributed by atoms with Gasteiger partial charge in [-0.05, 0) is 61.6 Å². The summed E-state index contributed by atoms with van der Waals surface area (Å²) in [5.74, 6) is 1.11. The van der Waals surface area contributed by atoms with Gasteiger partial charge in [-0.3, -0.25) is 0 Å². The summed E-state index contributed by atoms with van der Waals surface area (Å²) in [6.07, 6.45) is 3.39. The van der Waals surface area contributed by atoms with E-state index in [1.54, 1.807) is 6.92 Å². The van der Waals surface area contributed by atoms with Gasteiger partial charge in [-0.25, -0.2) is 4.79 Å². The molecule has 2 aromatic carbocycles. The van der Waals surface area contributed by atoms with Crippen LogP contribution in [0.4, 0.5) is 0 Å². The molecular weight excluding hydrogens is 328 g/mol. The molecule has 0 N–H and O–H groups in total. The summed E-state index contributed by atoms with van der Waals surface area (Å²) in [6.45, 7) is 4.08. The van der Waals surface area contributed by atoms with E-state index in [1.807, 2.05) is 31.2 Å². The van der Waals surface area contributed by atoms with Crippen molar-refractivity contribution < 1.29 is 19.0 Å². The molecule has 0 fully saturated rings. The fourth-order valence-corrected chi connectivity index (χ4v) is 3.13. The lowest BCUT2D eigenvalue weighted by Gasteiger charge is -2.25. The van der Waals surface area contributed by atoms with E-state index in [1.165, 1.54) is 11.1 Å². The Morgan fingerprint density at radius 3 is 2.50 bits per heavy atom. The van der Waals surface area contributed by atoms with Crippen molar-refractivity contribution in [2.45, 2.75) is 51.7 Å². The lowest BCUT2D eigenvalue weighted by atomic mass is 9.90. The van der Waals surface area contributed by atoms with Gasteiger partial charge in [0.05, 0.1) is 6.61 Å². The average Bonchev–Trinajstić information content (AvgIpc) is 2.67. The van der Waals surface area contributed by atoms with Crippen molar-refractivity contribution in [1.82, 2.24) is 0 Å². The van der Waals surface area contributed by atoms with Crippen molar-refractivity contribution in [1.29, 1.82) is 0 Å². The zero-order valence-corrected chi connectivity index (χ0v) is 15.4. The van der Waals surface area contributed by atoms with Gasteiger partial charge in [0.25, 0.3) is 0 Å². The zero-order chi connectivity index (χ0) is 18.4. The monoisotopic (exact) mass is 354 g/mol.